The first-order chi connectivity index (χ1) is 9.97. The van der Waals surface area contributed by atoms with Crippen LogP contribution in [0.3, 0.4) is 0 Å². The highest BCUT2D eigenvalue weighted by atomic mass is 32.2. The summed E-state index contributed by atoms with van der Waals surface area (Å²) < 4.78 is 32.7. The van der Waals surface area contributed by atoms with Crippen LogP contribution in [0.5, 0.6) is 0 Å². The molecule has 0 amide bonds. The second-order valence-corrected chi connectivity index (χ2v) is 7.57. The quantitative estimate of drug-likeness (QED) is 0.855. The van der Waals surface area contributed by atoms with Crippen molar-refractivity contribution < 1.29 is 18.3 Å². The number of para-hydroxylation sites is 1. The lowest BCUT2D eigenvalue weighted by Crippen LogP contribution is -2.13. The highest BCUT2D eigenvalue weighted by Crippen LogP contribution is 2.28. The Labute approximate surface area is 128 Å². The Balaban J connectivity index is 2.33. The smallest absolute Gasteiger partial charge is 0.271 e. The van der Waals surface area contributed by atoms with Crippen LogP contribution in [0.4, 0.5) is 5.69 Å². The van der Waals surface area contributed by atoms with E-state index in [9.17, 15) is 13.5 Å². The average Bonchev–Trinajstić information content (AvgIpc) is 2.83. The maximum absolute atomic E-state index is 12.4. The Kier molecular flexibility index (Phi) is 5.00. The van der Waals surface area contributed by atoms with Gasteiger partial charge in [0.2, 0.25) is 0 Å². The van der Waals surface area contributed by atoms with Gasteiger partial charge in [-0.25, -0.2) is 8.42 Å². The normalized spacial score (nSPS) is 11.6. The number of anilines is 1. The van der Waals surface area contributed by atoms with E-state index < -0.39 is 10.0 Å². The molecule has 2 N–H and O–H groups in total. The molecule has 5 nitrogen and oxygen atoms in total. The zero-order valence-corrected chi connectivity index (χ0v) is 13.4. The van der Waals surface area contributed by atoms with Crippen molar-refractivity contribution in [1.29, 1.82) is 0 Å². The molecule has 1 aromatic carbocycles. The van der Waals surface area contributed by atoms with Crippen LogP contribution in [0, 0.1) is 6.92 Å². The molecule has 0 spiro atoms. The Morgan fingerprint density at radius 3 is 2.67 bits per heavy atom. The molecule has 0 aliphatic heterocycles. The largest absolute Gasteiger partial charge is 0.391 e. The minimum Gasteiger partial charge on any atom is -0.391 e. The average molecular weight is 327 g/mol. The summed E-state index contributed by atoms with van der Waals surface area (Å²) in [4.78, 5) is 0.653. The molecule has 0 saturated heterocycles. The van der Waals surface area contributed by atoms with Crippen molar-refractivity contribution in [1.82, 2.24) is 0 Å². The fourth-order valence-corrected chi connectivity index (χ4v) is 4.42. The lowest BCUT2D eigenvalue weighted by atomic mass is 10.2. The molecule has 7 heteroatoms. The number of nitrogens with one attached hydrogen (secondary N) is 1. The van der Waals surface area contributed by atoms with Gasteiger partial charge in [-0.05, 0) is 24.6 Å². The number of aliphatic hydroxyl groups is 1. The van der Waals surface area contributed by atoms with Gasteiger partial charge in [0.05, 0.1) is 18.9 Å². The van der Waals surface area contributed by atoms with Crippen molar-refractivity contribution in [3.63, 3.8) is 0 Å². The van der Waals surface area contributed by atoms with E-state index in [1.807, 2.05) is 6.07 Å². The molecule has 0 aliphatic rings. The van der Waals surface area contributed by atoms with Crippen molar-refractivity contribution in [2.24, 2.45) is 0 Å². The van der Waals surface area contributed by atoms with Crippen molar-refractivity contribution >= 4 is 27.0 Å². The van der Waals surface area contributed by atoms with Crippen molar-refractivity contribution in [2.45, 2.75) is 24.3 Å². The van der Waals surface area contributed by atoms with Crippen LogP contribution in [0.15, 0.2) is 34.5 Å². The summed E-state index contributed by atoms with van der Waals surface area (Å²) in [6.45, 7) is 1.94. The number of aliphatic hydroxyl groups excluding tert-OH is 1. The molecule has 0 bridgehead atoms. The van der Waals surface area contributed by atoms with Gasteiger partial charge >= 0.3 is 0 Å². The van der Waals surface area contributed by atoms with E-state index in [0.29, 0.717) is 17.2 Å². The molecule has 0 aliphatic carbocycles. The van der Waals surface area contributed by atoms with Crippen molar-refractivity contribution in [2.75, 3.05) is 11.8 Å². The third kappa shape index (κ3) is 3.62. The summed E-state index contributed by atoms with van der Waals surface area (Å²) in [6, 6.07) is 8.65. The zero-order chi connectivity index (χ0) is 15.5. The van der Waals surface area contributed by atoms with Crippen LogP contribution in [0.25, 0.3) is 0 Å². The van der Waals surface area contributed by atoms with Crippen LogP contribution in [0.2, 0.25) is 0 Å². The minimum absolute atomic E-state index is 0.160. The Morgan fingerprint density at radius 2 is 2.05 bits per heavy atom. The van der Waals surface area contributed by atoms with E-state index in [0.717, 1.165) is 22.5 Å². The van der Waals surface area contributed by atoms with Crippen molar-refractivity contribution in [3.8, 4) is 0 Å². The summed E-state index contributed by atoms with van der Waals surface area (Å²) in [5, 5.41) is 9.18. The molecule has 0 unspecified atom stereocenters. The molecular formula is C14H17NO4S2. The van der Waals surface area contributed by atoms with Gasteiger partial charge in [-0.2, -0.15) is 0 Å². The summed E-state index contributed by atoms with van der Waals surface area (Å²) >= 11 is 1.07. The number of thiophene rings is 1. The fraction of sp³-hybridized carbons (Fsp3) is 0.286. The van der Waals surface area contributed by atoms with Gasteiger partial charge in [0.1, 0.15) is 4.21 Å². The van der Waals surface area contributed by atoms with E-state index in [1.165, 1.54) is 0 Å². The standard InChI is InChI=1S/C14H17NO4S2/c1-10-7-14(20-13(10)8-16)21(17,18)15-12-6-4-3-5-11(12)9-19-2/h3-7,15-16H,8-9H2,1-2H3. The fourth-order valence-electron chi connectivity index (χ4n) is 1.87. The zero-order valence-electron chi connectivity index (χ0n) is 11.8. The molecular weight excluding hydrogens is 310 g/mol. The van der Waals surface area contributed by atoms with Crippen LogP contribution in [-0.2, 0) is 28.0 Å². The molecule has 2 aromatic rings. The third-order valence-corrected chi connectivity index (χ3v) is 6.03. The van der Waals surface area contributed by atoms with Gasteiger partial charge in [-0.3, -0.25) is 4.72 Å². The van der Waals surface area contributed by atoms with Gasteiger partial charge in [-0.15, -0.1) is 11.3 Å². The van der Waals surface area contributed by atoms with Gasteiger partial charge in [0, 0.05) is 17.6 Å². The van der Waals surface area contributed by atoms with Gasteiger partial charge in [0.15, 0.2) is 0 Å². The number of aryl methyl sites for hydroxylation is 1. The molecule has 0 saturated carbocycles. The van der Waals surface area contributed by atoms with Gasteiger partial charge < -0.3 is 9.84 Å². The lowest BCUT2D eigenvalue weighted by Gasteiger charge is -2.11. The SMILES string of the molecule is COCc1ccccc1NS(=O)(=O)c1cc(C)c(CO)s1. The molecule has 0 radical (unpaired) electrons. The van der Waals surface area contributed by atoms with E-state index in [2.05, 4.69) is 4.72 Å². The summed E-state index contributed by atoms with van der Waals surface area (Å²) in [6.07, 6.45) is 0. The van der Waals surface area contributed by atoms with Crippen LogP contribution in [0.1, 0.15) is 16.0 Å². The first-order valence-corrected chi connectivity index (χ1v) is 8.57. The molecule has 0 fully saturated rings. The molecule has 21 heavy (non-hydrogen) atoms. The first kappa shape index (κ1) is 16.0. The van der Waals surface area contributed by atoms with Gasteiger partial charge in [0.25, 0.3) is 10.0 Å². The maximum Gasteiger partial charge on any atom is 0.271 e. The Morgan fingerprint density at radius 1 is 1.33 bits per heavy atom. The monoisotopic (exact) mass is 327 g/mol. The Bertz CT molecular complexity index is 722. The minimum atomic E-state index is -3.66. The summed E-state index contributed by atoms with van der Waals surface area (Å²) in [7, 11) is -2.11. The van der Waals surface area contributed by atoms with Gasteiger partial charge in [-0.1, -0.05) is 18.2 Å². The second-order valence-electron chi connectivity index (χ2n) is 4.53. The summed E-state index contributed by atoms with van der Waals surface area (Å²) in [5.41, 5.74) is 2.03. The number of hydrogen-bond acceptors (Lipinski definition) is 5. The number of methoxy groups -OCH3 is 1. The molecule has 1 aromatic heterocycles. The lowest BCUT2D eigenvalue weighted by molar-refractivity contribution is 0.185. The highest BCUT2D eigenvalue weighted by molar-refractivity contribution is 7.94. The highest BCUT2D eigenvalue weighted by Gasteiger charge is 2.20. The second kappa shape index (κ2) is 6.57. The van der Waals surface area contributed by atoms with E-state index in [4.69, 9.17) is 4.74 Å². The molecule has 2 rings (SSSR count). The number of benzene rings is 1. The predicted molar refractivity (Wildman–Crippen MR) is 82.9 cm³/mol. The van der Waals surface area contributed by atoms with Crippen LogP contribution < -0.4 is 4.72 Å². The molecule has 114 valence electrons. The van der Waals surface area contributed by atoms with E-state index in [-0.39, 0.29) is 10.8 Å². The number of ether oxygens (including phenoxy) is 1. The maximum atomic E-state index is 12.4. The number of sulfonamides is 1. The van der Waals surface area contributed by atoms with E-state index >= 15 is 0 Å². The van der Waals surface area contributed by atoms with Crippen molar-refractivity contribution in [3.05, 3.63) is 46.3 Å². The number of rotatable bonds is 6. The molecule has 1 heterocycles. The van der Waals surface area contributed by atoms with E-state index in [1.54, 1.807) is 38.3 Å². The predicted octanol–water partition coefficient (Wildman–Crippen LogP) is 2.50. The summed E-state index contributed by atoms with van der Waals surface area (Å²) in [5.74, 6) is 0. The third-order valence-electron chi connectivity index (χ3n) is 2.97. The topological polar surface area (TPSA) is 75.6 Å². The molecule has 0 atom stereocenters. The Hall–Kier alpha value is -1.41. The van der Waals surface area contributed by atoms with Crippen LogP contribution >= 0.6 is 11.3 Å². The van der Waals surface area contributed by atoms with Crippen LogP contribution in [-0.4, -0.2) is 20.6 Å². The number of hydrogen-bond donors (Lipinski definition) is 2. The first-order valence-electron chi connectivity index (χ1n) is 6.27.